The summed E-state index contributed by atoms with van der Waals surface area (Å²) in [6, 6.07) is 5.32. The fourth-order valence-electron chi connectivity index (χ4n) is 2.73. The highest BCUT2D eigenvalue weighted by molar-refractivity contribution is 5.49. The maximum atomic E-state index is 13.6. The first-order valence-corrected chi connectivity index (χ1v) is 6.97. The van der Waals surface area contributed by atoms with Gasteiger partial charge in [-0.25, -0.2) is 4.39 Å². The molecule has 0 amide bonds. The zero-order chi connectivity index (χ0) is 13.0. The molecule has 3 heteroatoms. The molecule has 1 saturated heterocycles. The van der Waals surface area contributed by atoms with Crippen molar-refractivity contribution >= 4 is 5.69 Å². The topological polar surface area (TPSA) is 29.3 Å². The first kappa shape index (κ1) is 13.3. The number of halogens is 1. The van der Waals surface area contributed by atoms with Crippen molar-refractivity contribution in [2.24, 2.45) is 11.7 Å². The average molecular weight is 250 g/mol. The Morgan fingerprint density at radius 3 is 2.61 bits per heavy atom. The molecule has 0 radical (unpaired) electrons. The lowest BCUT2D eigenvalue weighted by atomic mass is 9.94. The molecule has 1 aromatic carbocycles. The van der Waals surface area contributed by atoms with E-state index in [1.807, 2.05) is 0 Å². The molecule has 18 heavy (non-hydrogen) atoms. The van der Waals surface area contributed by atoms with Gasteiger partial charge in [0.05, 0.1) is 0 Å². The summed E-state index contributed by atoms with van der Waals surface area (Å²) in [5.74, 6) is 0.701. The van der Waals surface area contributed by atoms with Gasteiger partial charge in [0.15, 0.2) is 0 Å². The summed E-state index contributed by atoms with van der Waals surface area (Å²) in [6.45, 7) is 4.91. The van der Waals surface area contributed by atoms with E-state index in [-0.39, 0.29) is 5.82 Å². The van der Waals surface area contributed by atoms with Crippen LogP contribution in [-0.2, 0) is 6.42 Å². The van der Waals surface area contributed by atoms with Crippen LogP contribution in [0.2, 0.25) is 0 Å². The monoisotopic (exact) mass is 250 g/mol. The third kappa shape index (κ3) is 3.22. The molecule has 100 valence electrons. The second-order valence-electron chi connectivity index (χ2n) is 5.20. The Balaban J connectivity index is 2.08. The number of piperidine rings is 1. The van der Waals surface area contributed by atoms with Gasteiger partial charge >= 0.3 is 0 Å². The highest BCUT2D eigenvalue weighted by atomic mass is 19.1. The van der Waals surface area contributed by atoms with E-state index >= 15 is 0 Å². The summed E-state index contributed by atoms with van der Waals surface area (Å²) >= 11 is 0. The van der Waals surface area contributed by atoms with E-state index in [1.165, 1.54) is 19.3 Å². The second-order valence-corrected chi connectivity index (χ2v) is 5.20. The van der Waals surface area contributed by atoms with Crippen molar-refractivity contribution in [2.45, 2.75) is 32.6 Å². The lowest BCUT2D eigenvalue weighted by molar-refractivity contribution is 0.395. The molecule has 1 aliphatic heterocycles. The maximum Gasteiger partial charge on any atom is 0.125 e. The third-order valence-corrected chi connectivity index (χ3v) is 3.93. The largest absolute Gasteiger partial charge is 0.371 e. The lowest BCUT2D eigenvalue weighted by Gasteiger charge is -2.33. The standard InChI is InChI=1S/C15H23FN2/c1-2-12-4-7-18(8-5-12)15-10-13(3-6-17)9-14(16)11-15/h9-12H,2-8,17H2,1H3. The molecule has 1 fully saturated rings. The molecular weight excluding hydrogens is 227 g/mol. The van der Waals surface area contributed by atoms with Crippen LogP contribution < -0.4 is 10.6 Å². The summed E-state index contributed by atoms with van der Waals surface area (Å²) in [4.78, 5) is 2.30. The summed E-state index contributed by atoms with van der Waals surface area (Å²) in [6.07, 6.45) is 4.45. The molecule has 1 heterocycles. The molecule has 0 saturated carbocycles. The Labute approximate surface area is 109 Å². The van der Waals surface area contributed by atoms with E-state index in [0.29, 0.717) is 6.54 Å². The maximum absolute atomic E-state index is 13.6. The molecule has 0 atom stereocenters. The number of anilines is 1. The van der Waals surface area contributed by atoms with E-state index in [9.17, 15) is 4.39 Å². The Morgan fingerprint density at radius 2 is 2.00 bits per heavy atom. The van der Waals surface area contributed by atoms with Gasteiger partial charge in [-0.3, -0.25) is 0 Å². The summed E-state index contributed by atoms with van der Waals surface area (Å²) in [7, 11) is 0. The molecule has 1 aromatic rings. The van der Waals surface area contributed by atoms with Crippen molar-refractivity contribution in [1.82, 2.24) is 0 Å². The van der Waals surface area contributed by atoms with Crippen LogP contribution in [0.5, 0.6) is 0 Å². The Bertz CT molecular complexity index is 384. The number of nitrogens with two attached hydrogens (primary N) is 1. The van der Waals surface area contributed by atoms with Crippen LogP contribution in [-0.4, -0.2) is 19.6 Å². The van der Waals surface area contributed by atoms with Crippen molar-refractivity contribution in [3.05, 3.63) is 29.6 Å². The summed E-state index contributed by atoms with van der Waals surface area (Å²) < 4.78 is 13.6. The molecule has 0 bridgehead atoms. The van der Waals surface area contributed by atoms with Gasteiger partial charge in [0.2, 0.25) is 0 Å². The minimum absolute atomic E-state index is 0.145. The molecule has 1 aliphatic rings. The van der Waals surface area contributed by atoms with Gasteiger partial charge in [0.1, 0.15) is 5.82 Å². The zero-order valence-electron chi connectivity index (χ0n) is 11.2. The quantitative estimate of drug-likeness (QED) is 0.890. The average Bonchev–Trinajstić information content (AvgIpc) is 2.38. The van der Waals surface area contributed by atoms with Crippen LogP contribution in [0.25, 0.3) is 0 Å². The fourth-order valence-corrected chi connectivity index (χ4v) is 2.73. The zero-order valence-corrected chi connectivity index (χ0v) is 11.2. The van der Waals surface area contributed by atoms with Gasteiger partial charge in [-0.15, -0.1) is 0 Å². The molecule has 0 aliphatic carbocycles. The van der Waals surface area contributed by atoms with E-state index in [4.69, 9.17) is 5.73 Å². The molecule has 0 aromatic heterocycles. The predicted octanol–water partition coefficient (Wildman–Crippen LogP) is 2.95. The van der Waals surface area contributed by atoms with Crippen molar-refractivity contribution in [2.75, 3.05) is 24.5 Å². The van der Waals surface area contributed by atoms with E-state index in [2.05, 4.69) is 17.9 Å². The number of hydrogen-bond acceptors (Lipinski definition) is 2. The first-order chi connectivity index (χ1) is 8.72. The normalized spacial score (nSPS) is 17.2. The predicted molar refractivity (Wildman–Crippen MR) is 74.4 cm³/mol. The van der Waals surface area contributed by atoms with Crippen LogP contribution in [0.3, 0.4) is 0 Å². The first-order valence-electron chi connectivity index (χ1n) is 6.97. The molecular formula is C15H23FN2. The van der Waals surface area contributed by atoms with Gasteiger partial charge < -0.3 is 10.6 Å². The lowest BCUT2D eigenvalue weighted by Crippen LogP contribution is -2.33. The molecule has 2 rings (SSSR count). The number of nitrogens with zero attached hydrogens (tertiary/aromatic N) is 1. The van der Waals surface area contributed by atoms with Gasteiger partial charge in [-0.1, -0.05) is 13.3 Å². The minimum Gasteiger partial charge on any atom is -0.371 e. The SMILES string of the molecule is CCC1CCN(c2cc(F)cc(CCN)c2)CC1. The Kier molecular flexibility index (Phi) is 4.59. The van der Waals surface area contributed by atoms with Crippen LogP contribution in [0.1, 0.15) is 31.7 Å². The van der Waals surface area contributed by atoms with Crippen LogP contribution in [0.15, 0.2) is 18.2 Å². The number of rotatable bonds is 4. The third-order valence-electron chi connectivity index (χ3n) is 3.93. The van der Waals surface area contributed by atoms with Crippen LogP contribution in [0.4, 0.5) is 10.1 Å². The highest BCUT2D eigenvalue weighted by Gasteiger charge is 2.18. The van der Waals surface area contributed by atoms with Crippen molar-refractivity contribution < 1.29 is 4.39 Å². The molecule has 2 nitrogen and oxygen atoms in total. The van der Waals surface area contributed by atoms with Crippen molar-refractivity contribution in [3.63, 3.8) is 0 Å². The Hall–Kier alpha value is -1.09. The van der Waals surface area contributed by atoms with Crippen molar-refractivity contribution in [3.8, 4) is 0 Å². The van der Waals surface area contributed by atoms with E-state index in [0.717, 1.165) is 36.7 Å². The van der Waals surface area contributed by atoms with Crippen LogP contribution >= 0.6 is 0 Å². The van der Waals surface area contributed by atoms with E-state index in [1.54, 1.807) is 12.1 Å². The molecule has 0 unspecified atom stereocenters. The van der Waals surface area contributed by atoms with Crippen molar-refractivity contribution in [1.29, 1.82) is 0 Å². The molecule has 2 N–H and O–H groups in total. The van der Waals surface area contributed by atoms with E-state index < -0.39 is 0 Å². The Morgan fingerprint density at radius 1 is 1.28 bits per heavy atom. The minimum atomic E-state index is -0.145. The van der Waals surface area contributed by atoms with Crippen LogP contribution in [0, 0.1) is 11.7 Å². The van der Waals surface area contributed by atoms with Gasteiger partial charge in [-0.2, -0.15) is 0 Å². The fraction of sp³-hybridized carbons (Fsp3) is 0.600. The number of hydrogen-bond donors (Lipinski definition) is 1. The highest BCUT2D eigenvalue weighted by Crippen LogP contribution is 2.26. The van der Waals surface area contributed by atoms with Gasteiger partial charge in [0, 0.05) is 18.8 Å². The second kappa shape index (κ2) is 6.19. The van der Waals surface area contributed by atoms with Gasteiger partial charge in [0.25, 0.3) is 0 Å². The summed E-state index contributed by atoms with van der Waals surface area (Å²) in [5, 5.41) is 0. The molecule has 0 spiro atoms. The summed E-state index contributed by atoms with van der Waals surface area (Å²) in [5.41, 5.74) is 7.57. The smallest absolute Gasteiger partial charge is 0.125 e. The van der Waals surface area contributed by atoms with Gasteiger partial charge in [-0.05, 0) is 55.5 Å². The number of benzene rings is 1.